The molecule has 1 aromatic heterocycles. The summed E-state index contributed by atoms with van der Waals surface area (Å²) in [6.07, 6.45) is 3.02. The Balaban J connectivity index is 1.98. The van der Waals surface area contributed by atoms with Crippen LogP contribution >= 0.6 is 12.2 Å². The summed E-state index contributed by atoms with van der Waals surface area (Å²) in [5.74, 6) is 0. The number of hydrogen-bond acceptors (Lipinski definition) is 4. The summed E-state index contributed by atoms with van der Waals surface area (Å²) in [7, 11) is 4.29. The molecule has 0 amide bonds. The first-order chi connectivity index (χ1) is 8.56. The number of thiocarbonyl (C=S) groups is 1. The number of hydrogen-bond donors (Lipinski definition) is 1. The Labute approximate surface area is 114 Å². The molecule has 18 heavy (non-hydrogen) atoms. The summed E-state index contributed by atoms with van der Waals surface area (Å²) in [5, 5.41) is 0. The highest BCUT2D eigenvalue weighted by molar-refractivity contribution is 7.80. The highest BCUT2D eigenvalue weighted by Gasteiger charge is 2.23. The third kappa shape index (κ3) is 3.25. The topological polar surface area (TPSA) is 45.4 Å². The maximum atomic E-state index is 5.60. The van der Waals surface area contributed by atoms with Crippen LogP contribution in [0, 0.1) is 0 Å². The van der Waals surface area contributed by atoms with Crippen molar-refractivity contribution in [1.82, 2.24) is 14.8 Å². The van der Waals surface area contributed by atoms with Gasteiger partial charge in [0.15, 0.2) is 0 Å². The quantitative estimate of drug-likeness (QED) is 0.817. The van der Waals surface area contributed by atoms with Gasteiger partial charge in [0, 0.05) is 31.9 Å². The van der Waals surface area contributed by atoms with Crippen LogP contribution in [0.15, 0.2) is 18.3 Å². The number of likely N-dealkylation sites (tertiary alicyclic amines) is 1. The second-order valence-electron chi connectivity index (χ2n) is 5.05. The molecule has 4 nitrogen and oxygen atoms in total. The van der Waals surface area contributed by atoms with Crippen molar-refractivity contribution in [3.63, 3.8) is 0 Å². The fourth-order valence-corrected chi connectivity index (χ4v) is 2.45. The van der Waals surface area contributed by atoms with Gasteiger partial charge in [-0.2, -0.15) is 0 Å². The van der Waals surface area contributed by atoms with Crippen LogP contribution in [0.25, 0.3) is 0 Å². The molecule has 0 aromatic carbocycles. The molecule has 0 spiro atoms. The molecule has 2 heterocycles. The Morgan fingerprint density at radius 2 is 2.39 bits per heavy atom. The normalized spacial score (nSPS) is 20.5. The van der Waals surface area contributed by atoms with Gasteiger partial charge in [-0.05, 0) is 38.2 Å². The van der Waals surface area contributed by atoms with Crippen molar-refractivity contribution in [3.8, 4) is 0 Å². The molecule has 2 rings (SSSR count). The lowest BCUT2D eigenvalue weighted by Crippen LogP contribution is -2.31. The average Bonchev–Trinajstić information content (AvgIpc) is 2.78. The van der Waals surface area contributed by atoms with Crippen LogP contribution in [0.2, 0.25) is 0 Å². The molecule has 1 aliphatic rings. The van der Waals surface area contributed by atoms with E-state index < -0.39 is 0 Å². The lowest BCUT2D eigenvalue weighted by Gasteiger charge is -2.20. The zero-order valence-corrected chi connectivity index (χ0v) is 11.8. The highest BCUT2D eigenvalue weighted by atomic mass is 32.1. The van der Waals surface area contributed by atoms with Crippen molar-refractivity contribution < 1.29 is 0 Å². The Kier molecular flexibility index (Phi) is 4.27. The first-order valence-corrected chi connectivity index (χ1v) is 6.60. The predicted octanol–water partition coefficient (Wildman–Crippen LogP) is 0.852. The molecule has 0 aliphatic carbocycles. The van der Waals surface area contributed by atoms with Crippen LogP contribution in [0.1, 0.15) is 17.7 Å². The molecular weight excluding hydrogens is 244 g/mol. The molecule has 1 saturated heterocycles. The smallest absolute Gasteiger partial charge is 0.122 e. The second kappa shape index (κ2) is 5.73. The van der Waals surface area contributed by atoms with Crippen LogP contribution in [0.5, 0.6) is 0 Å². The standard InChI is InChI=1S/C13H20N4S/c1-16(2)11-4-6-17(9-11)8-10-3-5-15-12(7-10)13(14)18/h3,5,7,11H,4,6,8-9H2,1-2H3,(H2,14,18). The average molecular weight is 264 g/mol. The van der Waals surface area contributed by atoms with Crippen LogP contribution in [0.4, 0.5) is 0 Å². The fraction of sp³-hybridized carbons (Fsp3) is 0.538. The van der Waals surface area contributed by atoms with Gasteiger partial charge in [0.05, 0.1) is 5.69 Å². The first-order valence-electron chi connectivity index (χ1n) is 6.20. The Hall–Kier alpha value is -1.04. The predicted molar refractivity (Wildman–Crippen MR) is 77.5 cm³/mol. The lowest BCUT2D eigenvalue weighted by atomic mass is 10.2. The highest BCUT2D eigenvalue weighted by Crippen LogP contribution is 2.16. The van der Waals surface area contributed by atoms with Crippen molar-refractivity contribution in [3.05, 3.63) is 29.6 Å². The van der Waals surface area contributed by atoms with Crippen molar-refractivity contribution in [2.75, 3.05) is 27.2 Å². The van der Waals surface area contributed by atoms with Gasteiger partial charge in [0.1, 0.15) is 4.99 Å². The molecule has 2 N–H and O–H groups in total. The van der Waals surface area contributed by atoms with E-state index in [0.29, 0.717) is 16.7 Å². The molecule has 98 valence electrons. The zero-order chi connectivity index (χ0) is 13.1. The van der Waals surface area contributed by atoms with Gasteiger partial charge in [-0.15, -0.1) is 0 Å². The third-order valence-electron chi connectivity index (χ3n) is 3.46. The maximum Gasteiger partial charge on any atom is 0.122 e. The minimum absolute atomic E-state index is 0.365. The van der Waals surface area contributed by atoms with E-state index >= 15 is 0 Å². The molecule has 5 heteroatoms. The molecule has 0 radical (unpaired) electrons. The van der Waals surface area contributed by atoms with Crippen molar-refractivity contribution >= 4 is 17.2 Å². The van der Waals surface area contributed by atoms with Crippen LogP contribution in [0.3, 0.4) is 0 Å². The van der Waals surface area contributed by atoms with Crippen LogP contribution in [-0.2, 0) is 6.54 Å². The van der Waals surface area contributed by atoms with Crippen molar-refractivity contribution in [2.45, 2.75) is 19.0 Å². The fourth-order valence-electron chi connectivity index (χ4n) is 2.34. The summed E-state index contributed by atoms with van der Waals surface area (Å²) in [6.45, 7) is 3.22. The molecule has 1 aliphatic heterocycles. The van der Waals surface area contributed by atoms with Gasteiger partial charge in [-0.1, -0.05) is 12.2 Å². The maximum absolute atomic E-state index is 5.60. The van der Waals surface area contributed by atoms with Gasteiger partial charge >= 0.3 is 0 Å². The third-order valence-corrected chi connectivity index (χ3v) is 3.67. The van der Waals surface area contributed by atoms with E-state index in [9.17, 15) is 0 Å². The molecule has 1 fully saturated rings. The van der Waals surface area contributed by atoms with Crippen LogP contribution < -0.4 is 5.73 Å². The summed E-state index contributed by atoms with van der Waals surface area (Å²) >= 11 is 4.95. The number of aromatic nitrogens is 1. The van der Waals surface area contributed by atoms with Gasteiger partial charge in [0.25, 0.3) is 0 Å². The summed E-state index contributed by atoms with van der Waals surface area (Å²) in [4.78, 5) is 9.29. The van der Waals surface area contributed by atoms with Crippen molar-refractivity contribution in [2.24, 2.45) is 5.73 Å². The number of nitrogens with zero attached hydrogens (tertiary/aromatic N) is 3. The zero-order valence-electron chi connectivity index (χ0n) is 11.0. The Morgan fingerprint density at radius 3 is 3.00 bits per heavy atom. The molecule has 0 bridgehead atoms. The summed E-state index contributed by atoms with van der Waals surface area (Å²) in [5.41, 5.74) is 7.54. The summed E-state index contributed by atoms with van der Waals surface area (Å²) < 4.78 is 0. The second-order valence-corrected chi connectivity index (χ2v) is 5.49. The van der Waals surface area contributed by atoms with Gasteiger partial charge in [0.2, 0.25) is 0 Å². The van der Waals surface area contributed by atoms with Gasteiger partial charge < -0.3 is 10.6 Å². The molecular formula is C13H20N4S. The minimum Gasteiger partial charge on any atom is -0.388 e. The van der Waals surface area contributed by atoms with Crippen molar-refractivity contribution in [1.29, 1.82) is 0 Å². The van der Waals surface area contributed by atoms with Crippen LogP contribution in [-0.4, -0.2) is 53.0 Å². The largest absolute Gasteiger partial charge is 0.388 e. The van der Waals surface area contributed by atoms with Gasteiger partial charge in [-0.3, -0.25) is 9.88 Å². The number of pyridine rings is 1. The lowest BCUT2D eigenvalue weighted by molar-refractivity contribution is 0.264. The van der Waals surface area contributed by atoms with E-state index in [1.807, 2.05) is 12.1 Å². The minimum atomic E-state index is 0.365. The monoisotopic (exact) mass is 264 g/mol. The molecule has 1 aromatic rings. The van der Waals surface area contributed by atoms with E-state index in [2.05, 4.69) is 28.9 Å². The SMILES string of the molecule is CN(C)C1CCN(Cc2ccnc(C(N)=S)c2)C1. The number of likely N-dealkylation sites (N-methyl/N-ethyl adjacent to an activating group) is 1. The van der Waals surface area contributed by atoms with E-state index in [0.717, 1.165) is 19.6 Å². The Bertz CT molecular complexity index is 433. The number of rotatable bonds is 4. The Morgan fingerprint density at radius 1 is 1.61 bits per heavy atom. The van der Waals surface area contributed by atoms with E-state index in [-0.39, 0.29) is 0 Å². The van der Waals surface area contributed by atoms with Gasteiger partial charge in [-0.25, -0.2) is 0 Å². The summed E-state index contributed by atoms with van der Waals surface area (Å²) in [6, 6.07) is 4.69. The molecule has 1 unspecified atom stereocenters. The van der Waals surface area contributed by atoms with E-state index in [1.165, 1.54) is 12.0 Å². The first kappa shape index (κ1) is 13.4. The number of nitrogens with two attached hydrogens (primary N) is 1. The molecule has 1 atom stereocenters. The van der Waals surface area contributed by atoms with E-state index in [1.54, 1.807) is 6.20 Å². The molecule has 0 saturated carbocycles. The van der Waals surface area contributed by atoms with E-state index in [4.69, 9.17) is 18.0 Å².